The summed E-state index contributed by atoms with van der Waals surface area (Å²) in [5, 5.41) is 48.0. The quantitative estimate of drug-likeness (QED) is 0.0475. The van der Waals surface area contributed by atoms with Crippen LogP contribution in [0.25, 0.3) is 226 Å². The van der Waals surface area contributed by atoms with Gasteiger partial charge in [0.15, 0.2) is 28.2 Å². The summed E-state index contributed by atoms with van der Waals surface area (Å²) in [6.45, 7) is 24.1. The topological polar surface area (TPSA) is 121 Å². The minimum Gasteiger partial charge on any atom is -0.422 e. The second kappa shape index (κ2) is 9.76. The standard InChI is InChI=1S/C76H36O11/c1-69(2,3)80-84-73-54-44-34-24-18-13-14-15-16-17(13)22-31-30-21(16)29-28-20(15)27-26-19(14)25(24)35-36(26)46-47-37(27)38(28)48-49-39(29)40(30)50-51-41(31)42-32(22)23(18)33(34)43-52(42)67(79-68(78)53(43)54)61(51)76(87-83-72(10,11)12)60(50)59(49)75(86-82-71(7,8)9)58(48)57(47)74(85-81-70(4,5)6,56(46)55(73)45(35)44)62-63(75)65(76)66(77)64(62)73/h1-12H3/t73-,74-,75-,76-/m1/s1. The molecule has 0 amide bonds. The van der Waals surface area contributed by atoms with Crippen molar-refractivity contribution in [1.29, 1.82) is 0 Å². The predicted molar refractivity (Wildman–Crippen MR) is 335 cm³/mol. The van der Waals surface area contributed by atoms with Gasteiger partial charge in [-0.15, -0.1) is 0 Å². The van der Waals surface area contributed by atoms with Gasteiger partial charge in [-0.2, -0.15) is 0 Å². The number of benzene rings is 15. The molecule has 87 heavy (non-hydrogen) atoms. The van der Waals surface area contributed by atoms with Crippen LogP contribution in [0.5, 0.6) is 0 Å². The van der Waals surface area contributed by atoms with Crippen molar-refractivity contribution in [1.82, 2.24) is 0 Å². The molecule has 4 atom stereocenters. The first-order chi connectivity index (χ1) is 41.6. The Morgan fingerprint density at radius 3 is 0.690 bits per heavy atom. The smallest absolute Gasteiger partial charge is 0.344 e. The molecular weight excluding hydrogens is 1090 g/mol. The van der Waals surface area contributed by atoms with Crippen LogP contribution in [-0.2, 0) is 66.3 Å². The number of hydrogen-bond donors (Lipinski definition) is 0. The lowest BCUT2D eigenvalue weighted by Crippen LogP contribution is -2.54. The Morgan fingerprint density at radius 1 is 0.230 bits per heavy atom. The minimum atomic E-state index is -1.97. The van der Waals surface area contributed by atoms with Crippen molar-refractivity contribution in [3.05, 3.63) is 77.2 Å². The molecule has 1 heterocycles. The van der Waals surface area contributed by atoms with Crippen molar-refractivity contribution < 1.29 is 48.3 Å². The zero-order valence-electron chi connectivity index (χ0n) is 48.5. The Morgan fingerprint density at radius 2 is 0.425 bits per heavy atom. The van der Waals surface area contributed by atoms with Gasteiger partial charge in [0.1, 0.15) is 5.58 Å². The van der Waals surface area contributed by atoms with Gasteiger partial charge < -0.3 is 4.42 Å². The van der Waals surface area contributed by atoms with E-state index < -0.39 is 50.4 Å². The highest BCUT2D eigenvalue weighted by atomic mass is 17.2. The van der Waals surface area contributed by atoms with Crippen LogP contribution in [0.1, 0.15) is 128 Å². The van der Waals surface area contributed by atoms with Gasteiger partial charge in [0.05, 0.1) is 38.9 Å². The summed E-state index contributed by atoms with van der Waals surface area (Å²) < 4.78 is 7.56. The normalized spacial score (nSPS) is 25.3. The van der Waals surface area contributed by atoms with Gasteiger partial charge in [-0.25, -0.2) is 43.9 Å². The lowest BCUT2D eigenvalue weighted by Gasteiger charge is -2.53. The summed E-state index contributed by atoms with van der Waals surface area (Å²) in [5.74, 6) is -0.338. The summed E-state index contributed by atoms with van der Waals surface area (Å²) in [6.07, 6.45) is 0. The van der Waals surface area contributed by atoms with Crippen LogP contribution >= 0.6 is 0 Å². The monoisotopic (exact) mass is 1120 g/mol. The number of carbonyl (C=O) groups is 1. The number of Topliss-reactive ketones (excluding diaryl/α,β-unsaturated/α-hetero) is 1. The van der Waals surface area contributed by atoms with E-state index in [1.165, 1.54) is 129 Å². The van der Waals surface area contributed by atoms with Crippen LogP contribution in [0, 0.1) is 0 Å². The molecule has 0 unspecified atom stereocenters. The molecule has 8 aliphatic carbocycles. The SMILES string of the molecule is CC(C)(C)OO[C@]12C3=C4C(=O)C5=C3[C@]3(OOC(C)(C)C)c6c1c1c7c2c2c8c9c(c%10oc(=O)c%11c%12c%13c%14c(c3c3c6c6c1c1c%15c7c8c7c8c9c9c%10c%11c%10c%13c%11c%13c%14c3c3c6c1c1c(c%157)c6c8c9c%10c%11c6c1c3%13)[C@@]5%12OOC(C)(C)C)[C@@]42OOC(C)(C)C. The van der Waals surface area contributed by atoms with E-state index in [9.17, 15) is 0 Å². The van der Waals surface area contributed by atoms with E-state index in [1.807, 2.05) is 83.1 Å². The summed E-state index contributed by atoms with van der Waals surface area (Å²) >= 11 is 0. The Bertz CT molecular complexity index is 7550. The number of carbonyl (C=O) groups excluding carboxylic acids is 1. The van der Waals surface area contributed by atoms with Crippen LogP contribution in [0.3, 0.4) is 0 Å². The summed E-state index contributed by atoms with van der Waals surface area (Å²) in [7, 11) is 0. The van der Waals surface area contributed by atoms with E-state index in [2.05, 4.69) is 0 Å². The van der Waals surface area contributed by atoms with Crippen molar-refractivity contribution in [2.45, 2.75) is 128 Å². The zero-order chi connectivity index (χ0) is 56.7. The predicted octanol–water partition coefficient (Wildman–Crippen LogP) is 17.6. The van der Waals surface area contributed by atoms with Gasteiger partial charge in [0, 0.05) is 110 Å². The molecule has 8 aliphatic rings. The van der Waals surface area contributed by atoms with Crippen molar-refractivity contribution in [2.75, 3.05) is 0 Å². The molecule has 0 saturated heterocycles. The first-order valence-corrected chi connectivity index (χ1v) is 31.1. The molecule has 0 bridgehead atoms. The van der Waals surface area contributed by atoms with E-state index in [0.29, 0.717) is 38.8 Å². The third-order valence-corrected chi connectivity index (χ3v) is 24.9. The molecule has 0 saturated carbocycles. The molecule has 0 radical (unpaired) electrons. The van der Waals surface area contributed by atoms with E-state index in [4.69, 9.17) is 43.5 Å². The third-order valence-electron chi connectivity index (χ3n) is 24.9. The van der Waals surface area contributed by atoms with Crippen LogP contribution in [0.2, 0.25) is 0 Å². The molecule has 11 nitrogen and oxygen atoms in total. The molecule has 30 rings (SSSR count). The first kappa shape index (κ1) is 41.0. The van der Waals surface area contributed by atoms with Crippen LogP contribution < -0.4 is 5.63 Å². The number of hydrogen-bond acceptors (Lipinski definition) is 11. The highest BCUT2D eigenvalue weighted by Gasteiger charge is 2.80. The second-order valence-corrected chi connectivity index (χ2v) is 32.8. The highest BCUT2D eigenvalue weighted by molar-refractivity contribution is 6.77. The van der Waals surface area contributed by atoms with Gasteiger partial charge in [-0.05, 0) is 245 Å². The van der Waals surface area contributed by atoms with Gasteiger partial charge in [-0.1, -0.05) is 0 Å². The minimum absolute atomic E-state index is 0.289. The average Bonchev–Trinajstić information content (AvgIpc) is 1.39. The fraction of sp³-hybridized carbons (Fsp3) is 0.263. The first-order valence-electron chi connectivity index (χ1n) is 31.1. The largest absolute Gasteiger partial charge is 0.422 e. The summed E-state index contributed by atoms with van der Waals surface area (Å²) in [5.41, 5.74) is -2.91. The van der Waals surface area contributed by atoms with E-state index in [-0.39, 0.29) is 11.4 Å². The fourth-order valence-corrected chi connectivity index (χ4v) is 24.2. The van der Waals surface area contributed by atoms with Crippen molar-refractivity contribution in [3.63, 3.8) is 0 Å². The fourth-order valence-electron chi connectivity index (χ4n) is 24.2. The van der Waals surface area contributed by atoms with Crippen LogP contribution in [-0.4, -0.2) is 28.2 Å². The van der Waals surface area contributed by atoms with E-state index in [1.54, 1.807) is 0 Å². The molecule has 1 aromatic heterocycles. The molecular formula is C76H36O11. The second-order valence-electron chi connectivity index (χ2n) is 32.8. The highest BCUT2D eigenvalue weighted by Crippen LogP contribution is 2.86. The maximum Gasteiger partial charge on any atom is 0.344 e. The summed E-state index contributed by atoms with van der Waals surface area (Å²) in [4.78, 5) is 96.5. The lowest BCUT2D eigenvalue weighted by atomic mass is 9.56. The zero-order valence-corrected chi connectivity index (χ0v) is 48.5. The van der Waals surface area contributed by atoms with E-state index in [0.717, 1.165) is 120 Å². The maximum atomic E-state index is 18.8. The summed E-state index contributed by atoms with van der Waals surface area (Å²) in [6, 6.07) is 0. The number of rotatable bonds is 8. The molecule has 0 fully saturated rings. The maximum absolute atomic E-state index is 18.8. The molecule has 0 aliphatic heterocycles. The molecule has 0 spiro atoms. The van der Waals surface area contributed by atoms with Gasteiger partial charge in [0.25, 0.3) is 0 Å². The van der Waals surface area contributed by atoms with Crippen LogP contribution in [0.15, 0.2) is 31.5 Å². The molecule has 11 heteroatoms. The van der Waals surface area contributed by atoms with Crippen molar-refractivity contribution in [3.8, 4) is 0 Å². The Kier molecular flexibility index (Phi) is 4.61. The van der Waals surface area contributed by atoms with Gasteiger partial charge in [0.2, 0.25) is 0 Å². The number of ketones is 1. The molecule has 0 N–H and O–H groups in total. The Balaban J connectivity index is 1.09. The van der Waals surface area contributed by atoms with Gasteiger partial charge in [-0.3, -0.25) is 4.79 Å². The lowest BCUT2D eigenvalue weighted by molar-refractivity contribution is -0.408. The average molecular weight is 1130 g/mol. The third kappa shape index (κ3) is 2.80. The van der Waals surface area contributed by atoms with Crippen molar-refractivity contribution >= 4 is 232 Å². The van der Waals surface area contributed by atoms with Crippen molar-refractivity contribution in [2.24, 2.45) is 0 Å². The molecule has 21 aromatic carbocycles. The van der Waals surface area contributed by atoms with E-state index >= 15 is 9.59 Å². The molecule has 406 valence electrons. The Hall–Kier alpha value is -8.20. The molecule has 22 aromatic rings. The number of fused-ring (bicyclic) bond motifs is 6. The van der Waals surface area contributed by atoms with Gasteiger partial charge >= 0.3 is 5.63 Å². The van der Waals surface area contributed by atoms with Crippen LogP contribution in [0.4, 0.5) is 0 Å². The Labute approximate surface area is 483 Å².